The molecule has 28 heavy (non-hydrogen) atoms. The molecule has 2 aromatic rings. The molecule has 0 aliphatic carbocycles. The van der Waals surface area contributed by atoms with Crippen molar-refractivity contribution in [2.24, 2.45) is 0 Å². The van der Waals surface area contributed by atoms with E-state index in [1.807, 2.05) is 18.2 Å². The van der Waals surface area contributed by atoms with E-state index in [1.165, 1.54) is 11.1 Å². The summed E-state index contributed by atoms with van der Waals surface area (Å²) in [6.07, 6.45) is -4.77. The Morgan fingerprint density at radius 3 is 2.61 bits per heavy atom. The number of nitro benzene ring substituents is 1. The molecule has 0 spiro atoms. The van der Waals surface area contributed by atoms with Crippen LogP contribution >= 0.6 is 0 Å². The SMILES string of the molecule is O=[N+]([O-])c1ccc(NCC(O)CN2CCc3ccccc3C2)c(C(F)(F)F)c1. The predicted molar refractivity (Wildman–Crippen MR) is 98.0 cm³/mol. The van der Waals surface area contributed by atoms with Crippen LogP contribution in [0.4, 0.5) is 24.5 Å². The fourth-order valence-electron chi connectivity index (χ4n) is 3.33. The van der Waals surface area contributed by atoms with E-state index in [0.717, 1.165) is 25.1 Å². The van der Waals surface area contributed by atoms with Gasteiger partial charge in [0, 0.05) is 44.0 Å². The number of nitro groups is 1. The topological polar surface area (TPSA) is 78.6 Å². The van der Waals surface area contributed by atoms with Crippen LogP contribution in [0.1, 0.15) is 16.7 Å². The number of rotatable bonds is 6. The van der Waals surface area contributed by atoms with Gasteiger partial charge in [-0.1, -0.05) is 24.3 Å². The van der Waals surface area contributed by atoms with Crippen molar-refractivity contribution in [3.8, 4) is 0 Å². The second-order valence-electron chi connectivity index (χ2n) is 6.77. The maximum atomic E-state index is 13.2. The van der Waals surface area contributed by atoms with Crippen LogP contribution in [-0.4, -0.2) is 40.7 Å². The number of anilines is 1. The van der Waals surface area contributed by atoms with Gasteiger partial charge in [-0.3, -0.25) is 15.0 Å². The van der Waals surface area contributed by atoms with Crippen LogP contribution in [0, 0.1) is 10.1 Å². The zero-order valence-electron chi connectivity index (χ0n) is 14.9. The number of aliphatic hydroxyl groups is 1. The van der Waals surface area contributed by atoms with E-state index in [-0.39, 0.29) is 12.2 Å². The summed E-state index contributed by atoms with van der Waals surface area (Å²) in [5.41, 5.74) is 0.406. The van der Waals surface area contributed by atoms with Gasteiger partial charge in [0.15, 0.2) is 0 Å². The Hall–Kier alpha value is -2.65. The van der Waals surface area contributed by atoms with Crippen molar-refractivity contribution in [3.05, 3.63) is 69.3 Å². The molecule has 0 aromatic heterocycles. The molecule has 3 rings (SSSR count). The molecule has 150 valence electrons. The number of nitrogens with zero attached hydrogens (tertiary/aromatic N) is 2. The molecular formula is C19H20F3N3O3. The molecule has 0 fully saturated rings. The summed E-state index contributed by atoms with van der Waals surface area (Å²) in [6.45, 7) is 1.66. The number of non-ortho nitro benzene ring substituents is 1. The van der Waals surface area contributed by atoms with Crippen LogP contribution in [0.25, 0.3) is 0 Å². The number of alkyl halides is 3. The predicted octanol–water partition coefficient (Wildman–Crippen LogP) is 3.44. The van der Waals surface area contributed by atoms with Gasteiger partial charge in [-0.05, 0) is 23.6 Å². The Bertz CT molecular complexity index is 858. The minimum absolute atomic E-state index is 0.0982. The fourth-order valence-corrected chi connectivity index (χ4v) is 3.33. The van der Waals surface area contributed by atoms with E-state index in [1.54, 1.807) is 0 Å². The number of halogens is 3. The van der Waals surface area contributed by atoms with E-state index in [9.17, 15) is 28.4 Å². The van der Waals surface area contributed by atoms with Gasteiger partial charge in [-0.25, -0.2) is 0 Å². The van der Waals surface area contributed by atoms with Crippen molar-refractivity contribution in [2.75, 3.05) is 25.0 Å². The fraction of sp³-hybridized carbons (Fsp3) is 0.368. The standard InChI is InChI=1S/C19H20F3N3O3/c20-19(21,22)17-9-15(25(27)28)5-6-18(17)23-10-16(26)12-24-8-7-13-3-1-2-4-14(13)11-24/h1-6,9,16,23,26H,7-8,10-12H2. The molecule has 1 atom stereocenters. The van der Waals surface area contributed by atoms with Crippen molar-refractivity contribution in [2.45, 2.75) is 25.2 Å². The lowest BCUT2D eigenvalue weighted by Crippen LogP contribution is -2.39. The lowest BCUT2D eigenvalue weighted by molar-refractivity contribution is -0.385. The maximum absolute atomic E-state index is 13.2. The summed E-state index contributed by atoms with van der Waals surface area (Å²) in [6, 6.07) is 10.5. The first kappa shape index (κ1) is 20.1. The highest BCUT2D eigenvalue weighted by molar-refractivity contribution is 5.57. The van der Waals surface area contributed by atoms with Gasteiger partial charge in [0.05, 0.1) is 16.6 Å². The summed E-state index contributed by atoms with van der Waals surface area (Å²) in [5.74, 6) is 0. The molecule has 0 radical (unpaired) electrons. The number of aliphatic hydroxyl groups excluding tert-OH is 1. The molecule has 2 aromatic carbocycles. The smallest absolute Gasteiger partial charge is 0.390 e. The second kappa shape index (κ2) is 8.15. The molecule has 0 saturated carbocycles. The third-order valence-corrected chi connectivity index (χ3v) is 4.73. The molecule has 9 heteroatoms. The maximum Gasteiger partial charge on any atom is 0.418 e. The second-order valence-corrected chi connectivity index (χ2v) is 6.77. The van der Waals surface area contributed by atoms with E-state index >= 15 is 0 Å². The Balaban J connectivity index is 1.62. The Morgan fingerprint density at radius 1 is 1.21 bits per heavy atom. The first-order valence-corrected chi connectivity index (χ1v) is 8.81. The van der Waals surface area contributed by atoms with Crippen LogP contribution in [0.3, 0.4) is 0 Å². The van der Waals surface area contributed by atoms with Gasteiger partial charge in [0.25, 0.3) is 5.69 Å². The van der Waals surface area contributed by atoms with Crippen LogP contribution in [0.5, 0.6) is 0 Å². The minimum atomic E-state index is -4.74. The summed E-state index contributed by atoms with van der Waals surface area (Å²) in [7, 11) is 0. The van der Waals surface area contributed by atoms with Crippen LogP contribution in [-0.2, 0) is 19.1 Å². The van der Waals surface area contributed by atoms with Crippen molar-refractivity contribution >= 4 is 11.4 Å². The van der Waals surface area contributed by atoms with Crippen molar-refractivity contribution in [1.29, 1.82) is 0 Å². The lowest BCUT2D eigenvalue weighted by Gasteiger charge is -2.30. The molecule has 1 unspecified atom stereocenters. The largest absolute Gasteiger partial charge is 0.418 e. The number of hydrogen-bond acceptors (Lipinski definition) is 5. The van der Waals surface area contributed by atoms with E-state index in [0.29, 0.717) is 19.2 Å². The van der Waals surface area contributed by atoms with Crippen molar-refractivity contribution in [3.63, 3.8) is 0 Å². The Morgan fingerprint density at radius 2 is 1.93 bits per heavy atom. The normalized spacial score (nSPS) is 15.7. The van der Waals surface area contributed by atoms with Gasteiger partial charge >= 0.3 is 6.18 Å². The van der Waals surface area contributed by atoms with Crippen LogP contribution < -0.4 is 5.32 Å². The molecular weight excluding hydrogens is 375 g/mol. The first-order valence-electron chi connectivity index (χ1n) is 8.81. The van der Waals surface area contributed by atoms with Crippen LogP contribution in [0.2, 0.25) is 0 Å². The number of β-amino-alcohol motifs (C(OH)–C–C–N with tert-alkyl or cyclic N) is 1. The molecule has 0 bridgehead atoms. The highest BCUT2D eigenvalue weighted by Gasteiger charge is 2.35. The Labute approximate surface area is 159 Å². The number of benzene rings is 2. The van der Waals surface area contributed by atoms with Gasteiger partial charge in [0.2, 0.25) is 0 Å². The van der Waals surface area contributed by atoms with Crippen molar-refractivity contribution in [1.82, 2.24) is 4.90 Å². The van der Waals surface area contributed by atoms with E-state index < -0.39 is 28.5 Å². The lowest BCUT2D eigenvalue weighted by atomic mass is 10.00. The molecule has 0 amide bonds. The van der Waals surface area contributed by atoms with Crippen LogP contribution in [0.15, 0.2) is 42.5 Å². The number of hydrogen-bond donors (Lipinski definition) is 2. The average Bonchev–Trinajstić information content (AvgIpc) is 2.65. The third kappa shape index (κ3) is 4.79. The first-order chi connectivity index (χ1) is 13.2. The number of fused-ring (bicyclic) bond motifs is 1. The van der Waals surface area contributed by atoms with E-state index in [4.69, 9.17) is 0 Å². The van der Waals surface area contributed by atoms with Gasteiger partial charge in [-0.15, -0.1) is 0 Å². The number of nitrogens with one attached hydrogen (secondary N) is 1. The molecule has 1 aliphatic rings. The minimum Gasteiger partial charge on any atom is -0.390 e. The van der Waals surface area contributed by atoms with E-state index in [2.05, 4.69) is 16.3 Å². The molecule has 0 saturated heterocycles. The van der Waals surface area contributed by atoms with Gasteiger partial charge in [-0.2, -0.15) is 13.2 Å². The molecule has 6 nitrogen and oxygen atoms in total. The summed E-state index contributed by atoms with van der Waals surface area (Å²) >= 11 is 0. The summed E-state index contributed by atoms with van der Waals surface area (Å²) < 4.78 is 39.6. The molecule has 2 N–H and O–H groups in total. The zero-order valence-corrected chi connectivity index (χ0v) is 14.9. The highest BCUT2D eigenvalue weighted by Crippen LogP contribution is 2.37. The summed E-state index contributed by atoms with van der Waals surface area (Å²) in [4.78, 5) is 11.9. The monoisotopic (exact) mass is 395 g/mol. The summed E-state index contributed by atoms with van der Waals surface area (Å²) in [5, 5.41) is 23.6. The highest BCUT2D eigenvalue weighted by atomic mass is 19.4. The Kier molecular flexibility index (Phi) is 5.85. The average molecular weight is 395 g/mol. The molecule has 1 aliphatic heterocycles. The van der Waals surface area contributed by atoms with Gasteiger partial charge < -0.3 is 10.4 Å². The zero-order chi connectivity index (χ0) is 20.3. The van der Waals surface area contributed by atoms with Crippen molar-refractivity contribution < 1.29 is 23.2 Å². The molecule has 1 heterocycles. The van der Waals surface area contributed by atoms with Gasteiger partial charge in [0.1, 0.15) is 0 Å². The third-order valence-electron chi connectivity index (χ3n) is 4.73. The quantitative estimate of drug-likeness (QED) is 0.579.